The van der Waals surface area contributed by atoms with E-state index in [-0.39, 0.29) is 12.0 Å². The van der Waals surface area contributed by atoms with Crippen LogP contribution < -0.4 is 0 Å². The molecule has 2 fully saturated rings. The van der Waals surface area contributed by atoms with Crippen molar-refractivity contribution in [2.24, 2.45) is 0 Å². The second-order valence-corrected chi connectivity index (χ2v) is 8.15. The Hall–Kier alpha value is -2.21. The van der Waals surface area contributed by atoms with Crippen LogP contribution >= 0.6 is 0 Å². The first kappa shape index (κ1) is 20.1. The molecule has 2 aromatic rings. The van der Waals surface area contributed by atoms with Gasteiger partial charge in [-0.15, -0.1) is 0 Å². The fourth-order valence-corrected chi connectivity index (χ4v) is 4.23. The lowest BCUT2D eigenvalue weighted by molar-refractivity contribution is -0.136. The predicted octanol–water partition coefficient (Wildman–Crippen LogP) is 2.71. The summed E-state index contributed by atoms with van der Waals surface area (Å²) in [5.74, 6) is 0.244. The largest absolute Gasteiger partial charge is 0.371 e. The van der Waals surface area contributed by atoms with Crippen molar-refractivity contribution in [3.63, 3.8) is 0 Å². The van der Waals surface area contributed by atoms with Crippen molar-refractivity contribution in [2.75, 3.05) is 52.4 Å². The van der Waals surface area contributed by atoms with Crippen molar-refractivity contribution < 1.29 is 9.53 Å². The maximum Gasteiger partial charge on any atom is 0.236 e. The number of rotatable bonds is 5. The smallest absolute Gasteiger partial charge is 0.236 e. The van der Waals surface area contributed by atoms with E-state index in [0.29, 0.717) is 13.2 Å². The topological polar surface area (TPSA) is 36.0 Å². The minimum Gasteiger partial charge on any atom is -0.371 e. The van der Waals surface area contributed by atoms with Gasteiger partial charge < -0.3 is 9.64 Å². The van der Waals surface area contributed by atoms with Crippen LogP contribution in [0.2, 0.25) is 0 Å². The van der Waals surface area contributed by atoms with Crippen LogP contribution in [0.3, 0.4) is 0 Å². The molecule has 0 aliphatic carbocycles. The lowest BCUT2D eigenvalue weighted by Crippen LogP contribution is -2.52. The van der Waals surface area contributed by atoms with Crippen molar-refractivity contribution in [3.8, 4) is 0 Å². The number of hydrogen-bond donors (Lipinski definition) is 0. The second kappa shape index (κ2) is 9.53. The Labute approximate surface area is 173 Å². The first-order valence-electron chi connectivity index (χ1n) is 10.6. The van der Waals surface area contributed by atoms with Crippen molar-refractivity contribution in [2.45, 2.75) is 19.6 Å². The Morgan fingerprint density at radius 1 is 0.966 bits per heavy atom. The number of benzene rings is 2. The van der Waals surface area contributed by atoms with E-state index in [1.54, 1.807) is 0 Å². The molecule has 4 rings (SSSR count). The Bertz CT molecular complexity index is 803. The molecule has 2 aliphatic heterocycles. The fraction of sp³-hybridized carbons (Fsp3) is 0.458. The third-order valence-electron chi connectivity index (χ3n) is 5.89. The lowest BCUT2D eigenvalue weighted by Gasteiger charge is -2.37. The number of ether oxygens (including phenoxy) is 1. The van der Waals surface area contributed by atoms with Gasteiger partial charge in [-0.2, -0.15) is 0 Å². The summed E-state index contributed by atoms with van der Waals surface area (Å²) in [5, 5.41) is 0. The van der Waals surface area contributed by atoms with Crippen LogP contribution in [0.4, 0.5) is 0 Å². The van der Waals surface area contributed by atoms with Gasteiger partial charge in [-0.25, -0.2) is 0 Å². The summed E-state index contributed by atoms with van der Waals surface area (Å²) < 4.78 is 5.93. The highest BCUT2D eigenvalue weighted by Gasteiger charge is 2.26. The number of piperazine rings is 1. The van der Waals surface area contributed by atoms with Gasteiger partial charge in [-0.1, -0.05) is 60.2 Å². The van der Waals surface area contributed by atoms with Crippen LogP contribution in [0.25, 0.3) is 0 Å². The van der Waals surface area contributed by atoms with Gasteiger partial charge in [0.25, 0.3) is 0 Å². The van der Waals surface area contributed by atoms with Gasteiger partial charge >= 0.3 is 0 Å². The molecule has 1 amide bonds. The van der Waals surface area contributed by atoms with Gasteiger partial charge in [0.1, 0.15) is 0 Å². The molecule has 2 aliphatic rings. The summed E-state index contributed by atoms with van der Waals surface area (Å²) in [6.45, 7) is 9.38. The monoisotopic (exact) mass is 393 g/mol. The van der Waals surface area contributed by atoms with Crippen LogP contribution in [0.15, 0.2) is 54.6 Å². The van der Waals surface area contributed by atoms with E-state index >= 15 is 0 Å². The summed E-state index contributed by atoms with van der Waals surface area (Å²) >= 11 is 0. The first-order valence-corrected chi connectivity index (χ1v) is 10.6. The average molecular weight is 394 g/mol. The molecule has 154 valence electrons. The van der Waals surface area contributed by atoms with Gasteiger partial charge in [-0.05, 0) is 18.1 Å². The Kier molecular flexibility index (Phi) is 6.60. The molecule has 5 nitrogen and oxygen atoms in total. The van der Waals surface area contributed by atoms with Gasteiger partial charge in [0.2, 0.25) is 5.91 Å². The van der Waals surface area contributed by atoms with Gasteiger partial charge in [0.15, 0.2) is 0 Å². The van der Waals surface area contributed by atoms with E-state index in [0.717, 1.165) is 45.8 Å². The third-order valence-corrected chi connectivity index (χ3v) is 5.89. The maximum atomic E-state index is 12.8. The summed E-state index contributed by atoms with van der Waals surface area (Å²) in [7, 11) is 0. The zero-order valence-electron chi connectivity index (χ0n) is 17.3. The second-order valence-electron chi connectivity index (χ2n) is 8.15. The van der Waals surface area contributed by atoms with Gasteiger partial charge in [0, 0.05) is 45.8 Å². The molecule has 2 heterocycles. The summed E-state index contributed by atoms with van der Waals surface area (Å²) in [5.41, 5.74) is 3.84. The van der Waals surface area contributed by atoms with E-state index in [9.17, 15) is 4.79 Å². The fourth-order valence-electron chi connectivity index (χ4n) is 4.23. The zero-order valence-corrected chi connectivity index (χ0v) is 17.3. The molecule has 2 saturated heterocycles. The van der Waals surface area contributed by atoms with E-state index in [4.69, 9.17) is 4.74 Å². The van der Waals surface area contributed by atoms with Crippen molar-refractivity contribution in [1.82, 2.24) is 14.7 Å². The van der Waals surface area contributed by atoms with E-state index in [1.165, 1.54) is 16.7 Å². The molecule has 0 N–H and O–H groups in total. The Morgan fingerprint density at radius 2 is 1.76 bits per heavy atom. The summed E-state index contributed by atoms with van der Waals surface area (Å²) in [6, 6.07) is 19.0. The van der Waals surface area contributed by atoms with Crippen molar-refractivity contribution in [3.05, 3.63) is 71.3 Å². The molecule has 0 spiro atoms. The van der Waals surface area contributed by atoms with Crippen LogP contribution in [0.1, 0.15) is 22.8 Å². The highest BCUT2D eigenvalue weighted by molar-refractivity contribution is 5.78. The number of aryl methyl sites for hydroxylation is 1. The highest BCUT2D eigenvalue weighted by Crippen LogP contribution is 2.22. The van der Waals surface area contributed by atoms with Crippen LogP contribution in [0.5, 0.6) is 0 Å². The SMILES string of the molecule is Cc1cccc(CN2CCN(C(=O)CN3CCOC(c4ccccc4)C3)CC2)c1. The normalized spacial score (nSPS) is 21.3. The van der Waals surface area contributed by atoms with E-state index in [1.807, 2.05) is 23.1 Å². The van der Waals surface area contributed by atoms with Crippen molar-refractivity contribution in [1.29, 1.82) is 0 Å². The minimum atomic E-state index is 0.0592. The van der Waals surface area contributed by atoms with Crippen LogP contribution in [-0.4, -0.2) is 73.0 Å². The molecule has 0 saturated carbocycles. The van der Waals surface area contributed by atoms with E-state index < -0.39 is 0 Å². The zero-order chi connectivity index (χ0) is 20.1. The third kappa shape index (κ3) is 5.44. The molecule has 0 aromatic heterocycles. The molecule has 1 atom stereocenters. The van der Waals surface area contributed by atoms with Crippen LogP contribution in [0, 0.1) is 6.92 Å². The highest BCUT2D eigenvalue weighted by atomic mass is 16.5. The molecule has 5 heteroatoms. The molecule has 0 radical (unpaired) electrons. The first-order chi connectivity index (χ1) is 14.2. The number of nitrogens with zero attached hydrogens (tertiary/aromatic N) is 3. The maximum absolute atomic E-state index is 12.8. The standard InChI is InChI=1S/C24H31N3O2/c1-20-6-5-7-21(16-20)17-25-10-12-27(13-11-25)24(28)19-26-14-15-29-23(18-26)22-8-3-2-4-9-22/h2-9,16,23H,10-15,17-19H2,1H3. The average Bonchev–Trinajstić information content (AvgIpc) is 2.75. The Morgan fingerprint density at radius 3 is 2.52 bits per heavy atom. The molecule has 1 unspecified atom stereocenters. The van der Waals surface area contributed by atoms with Gasteiger partial charge in [0.05, 0.1) is 19.3 Å². The molecular weight excluding hydrogens is 362 g/mol. The number of hydrogen-bond acceptors (Lipinski definition) is 4. The molecular formula is C24H31N3O2. The summed E-state index contributed by atoms with van der Waals surface area (Å²) in [6.07, 6.45) is 0.0592. The summed E-state index contributed by atoms with van der Waals surface area (Å²) in [4.78, 5) is 19.6. The minimum absolute atomic E-state index is 0.0592. The van der Waals surface area contributed by atoms with Gasteiger partial charge in [-0.3, -0.25) is 14.6 Å². The van der Waals surface area contributed by atoms with E-state index in [2.05, 4.69) is 53.1 Å². The molecule has 29 heavy (non-hydrogen) atoms. The molecule has 0 bridgehead atoms. The number of carbonyl (C=O) groups is 1. The lowest BCUT2D eigenvalue weighted by atomic mass is 10.1. The number of amides is 1. The number of morpholine rings is 1. The Balaban J connectivity index is 1.24. The molecule has 2 aromatic carbocycles. The predicted molar refractivity (Wildman–Crippen MR) is 115 cm³/mol. The number of carbonyl (C=O) groups excluding carboxylic acids is 1. The van der Waals surface area contributed by atoms with Crippen molar-refractivity contribution >= 4 is 5.91 Å². The van der Waals surface area contributed by atoms with Crippen LogP contribution in [-0.2, 0) is 16.1 Å². The quantitative estimate of drug-likeness (QED) is 0.783.